The van der Waals surface area contributed by atoms with Crippen LogP contribution in [0.25, 0.3) is 0 Å². The number of aromatic nitrogens is 2. The summed E-state index contributed by atoms with van der Waals surface area (Å²) in [6.45, 7) is 4.30. The minimum absolute atomic E-state index is 0.218. The Labute approximate surface area is 116 Å². The topological polar surface area (TPSA) is 66.9 Å². The van der Waals surface area contributed by atoms with Crippen LogP contribution in [0.5, 0.6) is 0 Å². The van der Waals surface area contributed by atoms with Gasteiger partial charge in [0.05, 0.1) is 5.54 Å². The first kappa shape index (κ1) is 13.5. The fraction of sp³-hybridized carbons (Fsp3) is 0.308. The number of amides is 2. The summed E-state index contributed by atoms with van der Waals surface area (Å²) in [6, 6.07) is 3.54. The summed E-state index contributed by atoms with van der Waals surface area (Å²) in [4.78, 5) is 20.1. The molecule has 2 aromatic rings. The van der Waals surface area contributed by atoms with Gasteiger partial charge in [0.2, 0.25) is 0 Å². The van der Waals surface area contributed by atoms with Crippen molar-refractivity contribution in [1.29, 1.82) is 0 Å². The van der Waals surface area contributed by atoms with Gasteiger partial charge in [0.15, 0.2) is 0 Å². The van der Waals surface area contributed by atoms with Crippen molar-refractivity contribution in [2.45, 2.75) is 25.9 Å². The smallest absolute Gasteiger partial charge is 0.315 e. The Morgan fingerprint density at radius 2 is 2.26 bits per heavy atom. The third-order valence-electron chi connectivity index (χ3n) is 2.57. The zero-order valence-electron chi connectivity index (χ0n) is 10.9. The monoisotopic (exact) mass is 276 g/mol. The third kappa shape index (κ3) is 3.75. The molecular formula is C13H16N4OS. The maximum atomic E-state index is 11.9. The van der Waals surface area contributed by atoms with E-state index >= 15 is 0 Å². The van der Waals surface area contributed by atoms with Gasteiger partial charge >= 0.3 is 6.03 Å². The van der Waals surface area contributed by atoms with Crippen molar-refractivity contribution in [3.8, 4) is 0 Å². The Morgan fingerprint density at radius 3 is 2.89 bits per heavy atom. The van der Waals surface area contributed by atoms with Crippen LogP contribution < -0.4 is 10.6 Å². The number of thiazole rings is 1. The Kier molecular flexibility index (Phi) is 4.11. The number of urea groups is 1. The van der Waals surface area contributed by atoms with Crippen LogP contribution in [-0.4, -0.2) is 16.0 Å². The predicted octanol–water partition coefficient (Wildman–Crippen LogP) is 2.27. The van der Waals surface area contributed by atoms with Crippen molar-refractivity contribution in [2.75, 3.05) is 0 Å². The molecule has 2 heterocycles. The molecule has 2 aromatic heterocycles. The summed E-state index contributed by atoms with van der Waals surface area (Å²) in [7, 11) is 0. The normalized spacial score (nSPS) is 11.1. The van der Waals surface area contributed by atoms with Gasteiger partial charge in [0.1, 0.15) is 5.01 Å². The predicted molar refractivity (Wildman–Crippen MR) is 74.7 cm³/mol. The zero-order chi connectivity index (χ0) is 13.7. The standard InChI is InChI=1S/C13H16N4OS/c1-13(2,11-15-6-7-19-11)17-12(18)16-9-10-4-3-5-14-8-10/h3-8H,9H2,1-2H3,(H2,16,17,18). The minimum atomic E-state index is -0.479. The number of hydrogen-bond donors (Lipinski definition) is 2. The van der Waals surface area contributed by atoms with Gasteiger partial charge < -0.3 is 10.6 Å². The van der Waals surface area contributed by atoms with E-state index in [1.165, 1.54) is 11.3 Å². The van der Waals surface area contributed by atoms with Crippen molar-refractivity contribution < 1.29 is 4.79 Å². The fourth-order valence-electron chi connectivity index (χ4n) is 1.60. The molecule has 0 aromatic carbocycles. The van der Waals surface area contributed by atoms with Gasteiger partial charge in [0, 0.05) is 30.5 Å². The van der Waals surface area contributed by atoms with Crippen molar-refractivity contribution >= 4 is 17.4 Å². The fourth-order valence-corrected chi connectivity index (χ4v) is 2.32. The SMILES string of the molecule is CC(C)(NC(=O)NCc1cccnc1)c1nccs1. The van der Waals surface area contributed by atoms with Crippen LogP contribution in [0, 0.1) is 0 Å². The molecule has 0 fully saturated rings. The van der Waals surface area contributed by atoms with E-state index in [4.69, 9.17) is 0 Å². The highest BCUT2D eigenvalue weighted by atomic mass is 32.1. The van der Waals surface area contributed by atoms with E-state index in [9.17, 15) is 4.79 Å². The number of hydrogen-bond acceptors (Lipinski definition) is 4. The van der Waals surface area contributed by atoms with E-state index in [0.29, 0.717) is 6.54 Å². The lowest BCUT2D eigenvalue weighted by molar-refractivity contribution is 0.229. The molecule has 0 atom stereocenters. The summed E-state index contributed by atoms with van der Waals surface area (Å²) in [5, 5.41) is 8.48. The second-order valence-electron chi connectivity index (χ2n) is 4.63. The van der Waals surface area contributed by atoms with E-state index < -0.39 is 5.54 Å². The summed E-state index contributed by atoms with van der Waals surface area (Å²) < 4.78 is 0. The van der Waals surface area contributed by atoms with Crippen LogP contribution in [0.2, 0.25) is 0 Å². The van der Waals surface area contributed by atoms with Crippen LogP contribution in [0.4, 0.5) is 4.79 Å². The lowest BCUT2D eigenvalue weighted by Gasteiger charge is -2.23. The molecule has 2 N–H and O–H groups in total. The van der Waals surface area contributed by atoms with E-state index in [1.807, 2.05) is 31.4 Å². The van der Waals surface area contributed by atoms with Gasteiger partial charge in [-0.1, -0.05) is 6.07 Å². The first-order chi connectivity index (χ1) is 9.08. The molecule has 0 saturated carbocycles. The van der Waals surface area contributed by atoms with Crippen molar-refractivity contribution in [1.82, 2.24) is 20.6 Å². The van der Waals surface area contributed by atoms with Gasteiger partial charge in [0.25, 0.3) is 0 Å². The van der Waals surface area contributed by atoms with Gasteiger partial charge in [-0.05, 0) is 25.5 Å². The van der Waals surface area contributed by atoms with Crippen LogP contribution in [0.1, 0.15) is 24.4 Å². The molecule has 0 spiro atoms. The summed E-state index contributed by atoms with van der Waals surface area (Å²) >= 11 is 1.52. The first-order valence-corrected chi connectivity index (χ1v) is 6.81. The molecule has 0 radical (unpaired) electrons. The zero-order valence-corrected chi connectivity index (χ0v) is 11.7. The molecule has 0 aliphatic rings. The van der Waals surface area contributed by atoms with Crippen molar-refractivity contribution in [2.24, 2.45) is 0 Å². The number of nitrogens with one attached hydrogen (secondary N) is 2. The van der Waals surface area contributed by atoms with Gasteiger partial charge in [-0.2, -0.15) is 0 Å². The first-order valence-electron chi connectivity index (χ1n) is 5.93. The molecule has 2 amide bonds. The second-order valence-corrected chi connectivity index (χ2v) is 5.53. The molecule has 0 aliphatic heterocycles. The van der Waals surface area contributed by atoms with Crippen molar-refractivity contribution in [3.63, 3.8) is 0 Å². The highest BCUT2D eigenvalue weighted by molar-refractivity contribution is 7.09. The van der Waals surface area contributed by atoms with E-state index in [0.717, 1.165) is 10.6 Å². The Hall–Kier alpha value is -1.95. The summed E-state index contributed by atoms with van der Waals surface area (Å²) in [6.07, 6.45) is 5.17. The lowest BCUT2D eigenvalue weighted by Crippen LogP contribution is -2.46. The molecular weight excluding hydrogens is 260 g/mol. The molecule has 2 rings (SSSR count). The Balaban J connectivity index is 1.88. The molecule has 6 heteroatoms. The average Bonchev–Trinajstić information content (AvgIpc) is 2.92. The number of carbonyl (C=O) groups is 1. The maximum Gasteiger partial charge on any atom is 0.315 e. The highest BCUT2D eigenvalue weighted by Gasteiger charge is 2.25. The molecule has 100 valence electrons. The average molecular weight is 276 g/mol. The summed E-state index contributed by atoms with van der Waals surface area (Å²) in [5.41, 5.74) is 0.484. The number of rotatable bonds is 4. The Morgan fingerprint density at radius 1 is 1.42 bits per heavy atom. The highest BCUT2D eigenvalue weighted by Crippen LogP contribution is 2.21. The Bertz CT molecular complexity index is 525. The molecule has 0 aliphatic carbocycles. The van der Waals surface area contributed by atoms with Gasteiger partial charge in [-0.15, -0.1) is 11.3 Å². The van der Waals surface area contributed by atoms with E-state index in [2.05, 4.69) is 20.6 Å². The number of pyridine rings is 1. The molecule has 19 heavy (non-hydrogen) atoms. The van der Waals surface area contributed by atoms with Crippen molar-refractivity contribution in [3.05, 3.63) is 46.7 Å². The van der Waals surface area contributed by atoms with Crippen LogP contribution in [-0.2, 0) is 12.1 Å². The largest absolute Gasteiger partial charge is 0.334 e. The number of nitrogens with zero attached hydrogens (tertiary/aromatic N) is 2. The van der Waals surface area contributed by atoms with Crippen LogP contribution in [0.3, 0.4) is 0 Å². The van der Waals surface area contributed by atoms with Gasteiger partial charge in [-0.3, -0.25) is 4.98 Å². The third-order valence-corrected chi connectivity index (χ3v) is 3.67. The van der Waals surface area contributed by atoms with Gasteiger partial charge in [-0.25, -0.2) is 9.78 Å². The minimum Gasteiger partial charge on any atom is -0.334 e. The van der Waals surface area contributed by atoms with E-state index in [-0.39, 0.29) is 6.03 Å². The maximum absolute atomic E-state index is 11.9. The molecule has 0 bridgehead atoms. The molecule has 0 saturated heterocycles. The lowest BCUT2D eigenvalue weighted by atomic mass is 10.1. The quantitative estimate of drug-likeness (QED) is 0.900. The van der Waals surface area contributed by atoms with E-state index in [1.54, 1.807) is 18.6 Å². The molecule has 5 nitrogen and oxygen atoms in total. The number of carbonyl (C=O) groups excluding carboxylic acids is 1. The van der Waals surface area contributed by atoms with Crippen LogP contribution in [0.15, 0.2) is 36.1 Å². The summed E-state index contributed by atoms with van der Waals surface area (Å²) in [5.74, 6) is 0. The second kappa shape index (κ2) is 5.79. The van der Waals surface area contributed by atoms with Crippen LogP contribution >= 0.6 is 11.3 Å². The molecule has 0 unspecified atom stereocenters.